The molecule has 0 spiro atoms. The van der Waals surface area contributed by atoms with Gasteiger partial charge in [-0.25, -0.2) is 4.39 Å². The van der Waals surface area contributed by atoms with Crippen molar-refractivity contribution in [3.8, 4) is 5.75 Å². The van der Waals surface area contributed by atoms with Gasteiger partial charge in [-0.3, -0.25) is 9.98 Å². The molecule has 0 radical (unpaired) electrons. The predicted octanol–water partition coefficient (Wildman–Crippen LogP) is 4.23. The van der Waals surface area contributed by atoms with Crippen LogP contribution in [0.1, 0.15) is 43.2 Å². The average Bonchev–Trinajstić information content (AvgIpc) is 2.59. The second kappa shape index (κ2) is 5.44. The van der Waals surface area contributed by atoms with Gasteiger partial charge in [0.1, 0.15) is 5.60 Å². The summed E-state index contributed by atoms with van der Waals surface area (Å²) in [6, 6.07) is 6.87. The predicted molar refractivity (Wildman–Crippen MR) is 89.9 cm³/mol. The van der Waals surface area contributed by atoms with E-state index in [1.807, 2.05) is 46.8 Å². The van der Waals surface area contributed by atoms with Gasteiger partial charge in [0.05, 0.1) is 11.8 Å². The van der Waals surface area contributed by atoms with Crippen LogP contribution in [0.25, 0.3) is 0 Å². The number of aliphatic imine (C=N–C) groups is 1. The summed E-state index contributed by atoms with van der Waals surface area (Å²) in [5, 5.41) is 0. The Morgan fingerprint density at radius 2 is 1.96 bits per heavy atom. The van der Waals surface area contributed by atoms with Crippen LogP contribution in [0.3, 0.4) is 0 Å². The van der Waals surface area contributed by atoms with Gasteiger partial charge in [0.2, 0.25) is 0 Å². The fraction of sp³-hybridized carbons (Fsp3) is 0.368. The van der Waals surface area contributed by atoms with E-state index < -0.39 is 5.60 Å². The summed E-state index contributed by atoms with van der Waals surface area (Å²) < 4.78 is 20.3. The first-order chi connectivity index (χ1) is 10.8. The van der Waals surface area contributed by atoms with Crippen LogP contribution in [-0.2, 0) is 0 Å². The normalized spacial score (nSPS) is 19.4. The third-order valence-corrected chi connectivity index (χ3v) is 4.53. The molecule has 0 aliphatic carbocycles. The fourth-order valence-corrected chi connectivity index (χ4v) is 2.57. The van der Waals surface area contributed by atoms with Crippen LogP contribution in [0, 0.1) is 19.7 Å². The number of aryl methyl sites for hydroxylation is 2. The van der Waals surface area contributed by atoms with Crippen LogP contribution in [0.4, 0.5) is 4.39 Å². The Bertz CT molecular complexity index is 796. The molecule has 1 aromatic heterocycles. The third-order valence-electron chi connectivity index (χ3n) is 4.53. The van der Waals surface area contributed by atoms with Crippen molar-refractivity contribution in [1.82, 2.24) is 4.98 Å². The van der Waals surface area contributed by atoms with Crippen molar-refractivity contribution in [3.63, 3.8) is 0 Å². The summed E-state index contributed by atoms with van der Waals surface area (Å²) in [4.78, 5) is 9.26. The monoisotopic (exact) mass is 312 g/mol. The molecule has 0 unspecified atom stereocenters. The Hall–Kier alpha value is -2.23. The lowest BCUT2D eigenvalue weighted by Crippen LogP contribution is -2.38. The lowest BCUT2D eigenvalue weighted by atomic mass is 10.00. The molecular weight excluding hydrogens is 291 g/mol. The minimum absolute atomic E-state index is 0.120. The molecule has 2 aromatic rings. The molecule has 1 aliphatic rings. The van der Waals surface area contributed by atoms with Crippen molar-refractivity contribution in [3.05, 3.63) is 58.7 Å². The molecule has 0 fully saturated rings. The van der Waals surface area contributed by atoms with Gasteiger partial charge < -0.3 is 4.74 Å². The van der Waals surface area contributed by atoms with Crippen LogP contribution in [-0.4, -0.2) is 22.3 Å². The van der Waals surface area contributed by atoms with Gasteiger partial charge in [0.15, 0.2) is 11.6 Å². The van der Waals surface area contributed by atoms with Crippen molar-refractivity contribution in [2.24, 2.45) is 4.99 Å². The van der Waals surface area contributed by atoms with Crippen LogP contribution in [0.15, 0.2) is 35.5 Å². The van der Waals surface area contributed by atoms with Gasteiger partial charge in [0, 0.05) is 23.0 Å². The average molecular weight is 312 g/mol. The summed E-state index contributed by atoms with van der Waals surface area (Å²) >= 11 is 0. The highest BCUT2D eigenvalue weighted by Crippen LogP contribution is 2.34. The number of halogens is 1. The molecule has 4 heteroatoms. The number of fused-ring (bicyclic) bond motifs is 1. The molecule has 3 nitrogen and oxygen atoms in total. The topological polar surface area (TPSA) is 34.5 Å². The van der Waals surface area contributed by atoms with E-state index in [-0.39, 0.29) is 17.6 Å². The number of para-hydroxylation sites is 1. The van der Waals surface area contributed by atoms with Crippen molar-refractivity contribution in [2.75, 3.05) is 0 Å². The van der Waals surface area contributed by atoms with E-state index in [4.69, 9.17) is 9.73 Å². The number of benzene rings is 1. The molecule has 3 rings (SSSR count). The Kier molecular flexibility index (Phi) is 3.71. The first kappa shape index (κ1) is 15.7. The number of pyridine rings is 1. The smallest absolute Gasteiger partial charge is 0.165 e. The zero-order valence-corrected chi connectivity index (χ0v) is 14.1. The molecule has 1 atom stereocenters. The van der Waals surface area contributed by atoms with E-state index in [0.29, 0.717) is 5.56 Å². The molecule has 2 heterocycles. The van der Waals surface area contributed by atoms with Crippen LogP contribution >= 0.6 is 0 Å². The Labute approximate surface area is 136 Å². The van der Waals surface area contributed by atoms with E-state index >= 15 is 0 Å². The number of ether oxygens (including phenoxy) is 1. The first-order valence-electron chi connectivity index (χ1n) is 7.79. The number of rotatable bonds is 1. The number of aromatic nitrogens is 1. The maximum absolute atomic E-state index is 14.4. The highest BCUT2D eigenvalue weighted by molar-refractivity contribution is 6.14. The number of hydrogen-bond donors (Lipinski definition) is 0. The molecule has 0 N–H and O–H groups in total. The minimum atomic E-state index is -0.591. The van der Waals surface area contributed by atoms with E-state index in [2.05, 4.69) is 4.98 Å². The summed E-state index contributed by atoms with van der Waals surface area (Å²) in [6.45, 7) is 9.83. The van der Waals surface area contributed by atoms with Gasteiger partial charge >= 0.3 is 0 Å². The Balaban J connectivity index is 2.26. The van der Waals surface area contributed by atoms with Crippen LogP contribution in [0.5, 0.6) is 5.75 Å². The van der Waals surface area contributed by atoms with Gasteiger partial charge in [-0.1, -0.05) is 6.07 Å². The van der Waals surface area contributed by atoms with E-state index in [1.165, 1.54) is 6.07 Å². The lowest BCUT2D eigenvalue weighted by molar-refractivity contribution is 0.0840. The van der Waals surface area contributed by atoms with Crippen molar-refractivity contribution in [1.29, 1.82) is 0 Å². The second-order valence-electron chi connectivity index (χ2n) is 6.60. The molecule has 1 aliphatic heterocycles. The van der Waals surface area contributed by atoms with Crippen LogP contribution < -0.4 is 4.74 Å². The van der Waals surface area contributed by atoms with Gasteiger partial charge in [0.25, 0.3) is 0 Å². The molecule has 0 bridgehead atoms. The SMILES string of the molecule is Cc1cc(C2=N[C@@H](C)C(C)(C)Oc3c(F)cccc32)cnc1C. The van der Waals surface area contributed by atoms with Crippen molar-refractivity contribution < 1.29 is 9.13 Å². The number of nitrogens with zero attached hydrogens (tertiary/aromatic N) is 2. The van der Waals surface area contributed by atoms with E-state index in [1.54, 1.807) is 12.3 Å². The zero-order chi connectivity index (χ0) is 16.8. The third kappa shape index (κ3) is 2.74. The maximum Gasteiger partial charge on any atom is 0.165 e. The molecule has 23 heavy (non-hydrogen) atoms. The van der Waals surface area contributed by atoms with Crippen molar-refractivity contribution in [2.45, 2.75) is 46.3 Å². The maximum atomic E-state index is 14.4. The summed E-state index contributed by atoms with van der Waals surface area (Å²) in [7, 11) is 0. The molecule has 0 amide bonds. The molecule has 0 saturated heterocycles. The Morgan fingerprint density at radius 1 is 1.22 bits per heavy atom. The van der Waals surface area contributed by atoms with Gasteiger partial charge in [-0.15, -0.1) is 0 Å². The first-order valence-corrected chi connectivity index (χ1v) is 7.79. The van der Waals surface area contributed by atoms with E-state index in [9.17, 15) is 4.39 Å². The van der Waals surface area contributed by atoms with Crippen molar-refractivity contribution >= 4 is 5.71 Å². The Morgan fingerprint density at radius 3 is 2.65 bits per heavy atom. The molecule has 1 aromatic carbocycles. The van der Waals surface area contributed by atoms with E-state index in [0.717, 1.165) is 22.5 Å². The molecule has 0 saturated carbocycles. The highest BCUT2D eigenvalue weighted by atomic mass is 19.1. The van der Waals surface area contributed by atoms with Gasteiger partial charge in [-0.05, 0) is 58.4 Å². The van der Waals surface area contributed by atoms with Gasteiger partial charge in [-0.2, -0.15) is 0 Å². The highest BCUT2D eigenvalue weighted by Gasteiger charge is 2.34. The molecule has 120 valence electrons. The summed E-state index contributed by atoms with van der Waals surface area (Å²) in [5.74, 6) is -0.104. The van der Waals surface area contributed by atoms with Crippen LogP contribution in [0.2, 0.25) is 0 Å². The summed E-state index contributed by atoms with van der Waals surface area (Å²) in [6.07, 6.45) is 1.79. The molecular formula is C19H21FN2O. The zero-order valence-electron chi connectivity index (χ0n) is 14.1. The standard InChI is InChI=1S/C19H21FN2O/c1-11-9-14(10-21-12(11)2)17-15-7-6-8-16(20)18(15)23-19(4,5)13(3)22-17/h6-10,13H,1-5H3/t13-/m0/s1. The largest absolute Gasteiger partial charge is 0.482 e. The second-order valence-corrected chi connectivity index (χ2v) is 6.60. The minimum Gasteiger partial charge on any atom is -0.482 e. The lowest BCUT2D eigenvalue weighted by Gasteiger charge is -2.28. The fourth-order valence-electron chi connectivity index (χ4n) is 2.57. The summed E-state index contributed by atoms with van der Waals surface area (Å²) in [5.41, 5.74) is 3.76. The number of hydrogen-bond acceptors (Lipinski definition) is 3. The quantitative estimate of drug-likeness (QED) is 0.789.